The van der Waals surface area contributed by atoms with E-state index in [1.807, 2.05) is 59.3 Å². The van der Waals surface area contributed by atoms with Crippen molar-refractivity contribution < 1.29 is 14.3 Å². The molecule has 128 valence electrons. The molecule has 0 N–H and O–H groups in total. The Bertz CT molecular complexity index is 839. The molecule has 5 nitrogen and oxygen atoms in total. The summed E-state index contributed by atoms with van der Waals surface area (Å²) in [6.07, 6.45) is 0.667. The Kier molecular flexibility index (Phi) is 5.14. The maximum atomic E-state index is 11.9. The average Bonchev–Trinajstić information content (AvgIpc) is 3.05. The SMILES string of the molecule is COC(=O)c1cc(Cc2ccc(OC)cc2)n(Cc2ccccc2)n1. The van der Waals surface area contributed by atoms with Gasteiger partial charge in [0, 0.05) is 12.1 Å². The van der Waals surface area contributed by atoms with Crippen molar-refractivity contribution in [2.75, 3.05) is 14.2 Å². The van der Waals surface area contributed by atoms with Crippen LogP contribution in [0.1, 0.15) is 27.3 Å². The summed E-state index contributed by atoms with van der Waals surface area (Å²) in [7, 11) is 3.01. The van der Waals surface area contributed by atoms with Crippen LogP contribution >= 0.6 is 0 Å². The molecule has 3 rings (SSSR count). The Morgan fingerprint density at radius 2 is 1.72 bits per heavy atom. The zero-order valence-corrected chi connectivity index (χ0v) is 14.3. The smallest absolute Gasteiger partial charge is 0.358 e. The second kappa shape index (κ2) is 7.66. The number of nitrogens with zero attached hydrogens (tertiary/aromatic N) is 2. The van der Waals surface area contributed by atoms with Gasteiger partial charge in [-0.15, -0.1) is 0 Å². The molecular formula is C20H20N2O3. The van der Waals surface area contributed by atoms with E-state index in [1.165, 1.54) is 7.11 Å². The van der Waals surface area contributed by atoms with E-state index in [0.717, 1.165) is 22.6 Å². The van der Waals surface area contributed by atoms with E-state index in [9.17, 15) is 4.79 Å². The molecule has 0 fully saturated rings. The summed E-state index contributed by atoms with van der Waals surface area (Å²) < 4.78 is 11.9. The first kappa shape index (κ1) is 16.8. The van der Waals surface area contributed by atoms with Gasteiger partial charge in [-0.1, -0.05) is 42.5 Å². The molecule has 0 amide bonds. The Morgan fingerprint density at radius 1 is 1.00 bits per heavy atom. The zero-order valence-electron chi connectivity index (χ0n) is 14.3. The average molecular weight is 336 g/mol. The first-order chi connectivity index (χ1) is 12.2. The third-order valence-electron chi connectivity index (χ3n) is 3.98. The fourth-order valence-corrected chi connectivity index (χ4v) is 2.65. The van der Waals surface area contributed by atoms with E-state index < -0.39 is 5.97 Å². The molecule has 0 radical (unpaired) electrons. The van der Waals surface area contributed by atoms with Crippen molar-refractivity contribution in [3.63, 3.8) is 0 Å². The maximum Gasteiger partial charge on any atom is 0.358 e. The summed E-state index contributed by atoms with van der Waals surface area (Å²) in [5.74, 6) is 0.389. The molecule has 5 heteroatoms. The minimum Gasteiger partial charge on any atom is -0.497 e. The molecule has 0 aliphatic rings. The summed E-state index contributed by atoms with van der Waals surface area (Å²) >= 11 is 0. The van der Waals surface area contributed by atoms with Crippen LogP contribution in [-0.2, 0) is 17.7 Å². The number of ether oxygens (including phenoxy) is 2. The number of carbonyl (C=O) groups is 1. The topological polar surface area (TPSA) is 53.4 Å². The maximum absolute atomic E-state index is 11.9. The van der Waals surface area contributed by atoms with E-state index in [4.69, 9.17) is 9.47 Å². The highest BCUT2D eigenvalue weighted by Crippen LogP contribution is 2.17. The number of carbonyl (C=O) groups excluding carboxylic acids is 1. The van der Waals surface area contributed by atoms with Crippen LogP contribution in [0.4, 0.5) is 0 Å². The third kappa shape index (κ3) is 4.07. The molecule has 1 heterocycles. The van der Waals surface area contributed by atoms with Crippen LogP contribution in [0.2, 0.25) is 0 Å². The molecular weight excluding hydrogens is 316 g/mol. The van der Waals surface area contributed by atoms with E-state index in [0.29, 0.717) is 18.7 Å². The summed E-state index contributed by atoms with van der Waals surface area (Å²) in [5.41, 5.74) is 3.51. The molecule has 25 heavy (non-hydrogen) atoms. The number of aromatic nitrogens is 2. The molecule has 0 bridgehead atoms. The number of esters is 1. The van der Waals surface area contributed by atoms with Crippen molar-refractivity contribution >= 4 is 5.97 Å². The summed E-state index contributed by atoms with van der Waals surface area (Å²) in [5, 5.41) is 4.42. The van der Waals surface area contributed by atoms with Crippen LogP contribution in [0.15, 0.2) is 60.7 Å². The number of hydrogen-bond donors (Lipinski definition) is 0. The van der Waals surface area contributed by atoms with Crippen LogP contribution in [0, 0.1) is 0 Å². The van der Waals surface area contributed by atoms with E-state index in [1.54, 1.807) is 13.2 Å². The van der Waals surface area contributed by atoms with Gasteiger partial charge < -0.3 is 9.47 Å². The Hall–Kier alpha value is -3.08. The van der Waals surface area contributed by atoms with Crippen LogP contribution in [0.3, 0.4) is 0 Å². The third-order valence-corrected chi connectivity index (χ3v) is 3.98. The van der Waals surface area contributed by atoms with Crippen molar-refractivity contribution in [1.29, 1.82) is 0 Å². The van der Waals surface area contributed by atoms with Crippen LogP contribution in [0.5, 0.6) is 5.75 Å². The summed E-state index contributed by atoms with van der Waals surface area (Å²) in [4.78, 5) is 11.9. The van der Waals surface area contributed by atoms with Gasteiger partial charge in [0.2, 0.25) is 0 Å². The fourth-order valence-electron chi connectivity index (χ4n) is 2.65. The van der Waals surface area contributed by atoms with Crippen molar-refractivity contribution in [3.05, 3.63) is 83.2 Å². The van der Waals surface area contributed by atoms with Gasteiger partial charge in [-0.05, 0) is 29.3 Å². The van der Waals surface area contributed by atoms with Gasteiger partial charge in [-0.3, -0.25) is 4.68 Å². The molecule has 3 aromatic rings. The van der Waals surface area contributed by atoms with E-state index >= 15 is 0 Å². The predicted molar refractivity (Wildman–Crippen MR) is 94.9 cm³/mol. The van der Waals surface area contributed by atoms with E-state index in [-0.39, 0.29) is 0 Å². The number of hydrogen-bond acceptors (Lipinski definition) is 4. The lowest BCUT2D eigenvalue weighted by Crippen LogP contribution is -2.08. The first-order valence-corrected chi connectivity index (χ1v) is 8.01. The highest BCUT2D eigenvalue weighted by Gasteiger charge is 2.15. The van der Waals surface area contributed by atoms with Gasteiger partial charge in [0.25, 0.3) is 0 Å². The molecule has 0 unspecified atom stereocenters. The highest BCUT2D eigenvalue weighted by atomic mass is 16.5. The van der Waals surface area contributed by atoms with Gasteiger partial charge in [-0.2, -0.15) is 5.10 Å². The number of methoxy groups -OCH3 is 2. The van der Waals surface area contributed by atoms with Crippen molar-refractivity contribution in [1.82, 2.24) is 9.78 Å². The summed E-state index contributed by atoms with van der Waals surface area (Å²) in [6, 6.07) is 19.7. The summed E-state index contributed by atoms with van der Waals surface area (Å²) in [6.45, 7) is 0.601. The number of rotatable bonds is 6. The first-order valence-electron chi connectivity index (χ1n) is 8.01. The quantitative estimate of drug-likeness (QED) is 0.648. The molecule has 0 saturated heterocycles. The van der Waals surface area contributed by atoms with Gasteiger partial charge in [0.1, 0.15) is 5.75 Å². The van der Waals surface area contributed by atoms with Gasteiger partial charge in [0.05, 0.1) is 20.8 Å². The lowest BCUT2D eigenvalue weighted by molar-refractivity contribution is 0.0593. The van der Waals surface area contributed by atoms with Crippen molar-refractivity contribution in [3.8, 4) is 5.75 Å². The van der Waals surface area contributed by atoms with Crippen molar-refractivity contribution in [2.45, 2.75) is 13.0 Å². The molecule has 0 aliphatic carbocycles. The second-order valence-electron chi connectivity index (χ2n) is 5.68. The van der Waals surface area contributed by atoms with Crippen molar-refractivity contribution in [2.24, 2.45) is 0 Å². The Labute approximate surface area is 146 Å². The van der Waals surface area contributed by atoms with Crippen LogP contribution in [0.25, 0.3) is 0 Å². The van der Waals surface area contributed by atoms with Gasteiger partial charge in [0.15, 0.2) is 5.69 Å². The molecule has 2 aromatic carbocycles. The monoisotopic (exact) mass is 336 g/mol. The fraction of sp³-hybridized carbons (Fsp3) is 0.200. The molecule has 0 atom stereocenters. The minimum atomic E-state index is -0.428. The second-order valence-corrected chi connectivity index (χ2v) is 5.68. The normalized spacial score (nSPS) is 10.5. The molecule has 1 aromatic heterocycles. The van der Waals surface area contributed by atoms with Gasteiger partial charge >= 0.3 is 5.97 Å². The van der Waals surface area contributed by atoms with E-state index in [2.05, 4.69) is 5.10 Å². The lowest BCUT2D eigenvalue weighted by Gasteiger charge is -2.08. The largest absolute Gasteiger partial charge is 0.497 e. The van der Waals surface area contributed by atoms with Crippen LogP contribution in [-0.4, -0.2) is 30.0 Å². The van der Waals surface area contributed by atoms with Crippen LogP contribution < -0.4 is 4.74 Å². The molecule has 0 aliphatic heterocycles. The standard InChI is InChI=1S/C20H20N2O3/c1-24-18-10-8-15(9-11-18)12-17-13-19(20(23)25-2)21-22(17)14-16-6-4-3-5-7-16/h3-11,13H,12,14H2,1-2H3. The highest BCUT2D eigenvalue weighted by molar-refractivity contribution is 5.87. The van der Waals surface area contributed by atoms with Gasteiger partial charge in [-0.25, -0.2) is 4.79 Å². The molecule has 0 spiro atoms. The lowest BCUT2D eigenvalue weighted by atomic mass is 10.1. The Balaban J connectivity index is 1.89. The minimum absolute atomic E-state index is 0.321. The number of benzene rings is 2. The zero-order chi connectivity index (χ0) is 17.6. The molecule has 0 saturated carbocycles. The predicted octanol–water partition coefficient (Wildman–Crippen LogP) is 3.32. The Morgan fingerprint density at radius 3 is 2.36 bits per heavy atom.